The molecule has 0 fully saturated rings. The second-order valence-electron chi connectivity index (χ2n) is 5.44. The smallest absolute Gasteiger partial charge is 0.261 e. The molecular weight excluding hydrogens is 333 g/mol. The van der Waals surface area contributed by atoms with Crippen molar-refractivity contribution in [3.05, 3.63) is 46.7 Å². The Kier molecular flexibility index (Phi) is 6.45. The third kappa shape index (κ3) is 5.14. The molecule has 128 valence electrons. The van der Waals surface area contributed by atoms with Crippen LogP contribution >= 0.6 is 11.6 Å². The molecule has 0 saturated carbocycles. The fraction of sp³-hybridized carbons (Fsp3) is 0.312. The number of rotatable bonds is 7. The molecule has 1 heterocycles. The molecule has 2 N–H and O–H groups in total. The number of anilines is 2. The summed E-state index contributed by atoms with van der Waals surface area (Å²) in [6.07, 6.45) is 0.971. The van der Waals surface area contributed by atoms with Crippen LogP contribution in [0.2, 0.25) is 5.02 Å². The molecule has 0 aliphatic rings. The zero-order valence-corrected chi connectivity index (χ0v) is 14.3. The molecule has 1 amide bonds. The first-order chi connectivity index (χ1) is 11.5. The summed E-state index contributed by atoms with van der Waals surface area (Å²) in [7, 11) is 4.03. The van der Waals surface area contributed by atoms with Crippen LogP contribution in [0.5, 0.6) is 0 Å². The number of aromatic nitrogens is 2. The normalized spacial score (nSPS) is 10.7. The molecule has 0 saturated heterocycles. The maximum absolute atomic E-state index is 13.7. The molecule has 0 atom stereocenters. The summed E-state index contributed by atoms with van der Waals surface area (Å²) in [5.41, 5.74) is -0.216. The predicted octanol–water partition coefficient (Wildman–Crippen LogP) is 2.89. The highest BCUT2D eigenvalue weighted by Gasteiger charge is 2.16. The van der Waals surface area contributed by atoms with Gasteiger partial charge in [-0.05, 0) is 51.3 Å². The van der Waals surface area contributed by atoms with E-state index in [-0.39, 0.29) is 16.4 Å². The van der Waals surface area contributed by atoms with Crippen molar-refractivity contribution in [3.8, 4) is 0 Å². The molecule has 6 nitrogen and oxygen atoms in total. The highest BCUT2D eigenvalue weighted by molar-refractivity contribution is 6.34. The van der Waals surface area contributed by atoms with E-state index in [1.165, 1.54) is 18.2 Å². The van der Waals surface area contributed by atoms with Crippen LogP contribution in [0, 0.1) is 5.82 Å². The maximum Gasteiger partial charge on any atom is 0.261 e. The Morgan fingerprint density at radius 1 is 1.21 bits per heavy atom. The zero-order valence-electron chi connectivity index (χ0n) is 13.5. The van der Waals surface area contributed by atoms with Crippen LogP contribution in [0.1, 0.15) is 16.8 Å². The van der Waals surface area contributed by atoms with Gasteiger partial charge in [0.2, 0.25) is 0 Å². The molecule has 8 heteroatoms. The largest absolute Gasteiger partial charge is 0.369 e. The lowest BCUT2D eigenvalue weighted by Gasteiger charge is -2.10. The number of amides is 1. The van der Waals surface area contributed by atoms with Gasteiger partial charge in [-0.15, -0.1) is 10.2 Å². The lowest BCUT2D eigenvalue weighted by molar-refractivity contribution is 0.102. The molecule has 0 bridgehead atoms. The van der Waals surface area contributed by atoms with Crippen molar-refractivity contribution in [2.24, 2.45) is 0 Å². The van der Waals surface area contributed by atoms with E-state index in [2.05, 4.69) is 25.7 Å². The van der Waals surface area contributed by atoms with Crippen LogP contribution in [0.4, 0.5) is 16.0 Å². The number of halogens is 2. The first-order valence-electron chi connectivity index (χ1n) is 7.45. The number of nitrogens with one attached hydrogen (secondary N) is 2. The first-order valence-corrected chi connectivity index (χ1v) is 7.83. The van der Waals surface area contributed by atoms with Gasteiger partial charge in [0, 0.05) is 6.54 Å². The Morgan fingerprint density at radius 2 is 1.92 bits per heavy atom. The van der Waals surface area contributed by atoms with Gasteiger partial charge >= 0.3 is 0 Å². The van der Waals surface area contributed by atoms with E-state index in [0.29, 0.717) is 5.82 Å². The summed E-state index contributed by atoms with van der Waals surface area (Å²) in [6.45, 7) is 1.74. The van der Waals surface area contributed by atoms with Crippen LogP contribution in [0.3, 0.4) is 0 Å². The number of nitrogens with zero attached hydrogens (tertiary/aromatic N) is 3. The molecule has 2 aromatic rings. The van der Waals surface area contributed by atoms with Crippen molar-refractivity contribution < 1.29 is 9.18 Å². The fourth-order valence-electron chi connectivity index (χ4n) is 2.00. The minimum atomic E-state index is -0.688. The van der Waals surface area contributed by atoms with E-state index in [0.717, 1.165) is 19.5 Å². The zero-order chi connectivity index (χ0) is 17.5. The van der Waals surface area contributed by atoms with Gasteiger partial charge in [0.05, 0.1) is 10.6 Å². The van der Waals surface area contributed by atoms with Crippen molar-refractivity contribution in [2.45, 2.75) is 6.42 Å². The van der Waals surface area contributed by atoms with Crippen molar-refractivity contribution in [1.29, 1.82) is 0 Å². The van der Waals surface area contributed by atoms with Gasteiger partial charge in [-0.25, -0.2) is 4.39 Å². The van der Waals surface area contributed by atoms with Gasteiger partial charge < -0.3 is 15.5 Å². The number of benzene rings is 1. The van der Waals surface area contributed by atoms with Gasteiger partial charge in [0.15, 0.2) is 5.82 Å². The quantitative estimate of drug-likeness (QED) is 0.751. The van der Waals surface area contributed by atoms with E-state index in [1.54, 1.807) is 12.1 Å². The summed E-state index contributed by atoms with van der Waals surface area (Å²) in [5, 5.41) is 13.5. The topological polar surface area (TPSA) is 70.2 Å². The standard InChI is InChI=1S/C16H19ClFN5O/c1-23(2)10-4-9-19-13-7-8-14(22-21-13)20-16(24)15-11(17)5-3-6-12(15)18/h3,5-8H,4,9-10H2,1-2H3,(H,19,21)(H,20,22,24). The monoisotopic (exact) mass is 351 g/mol. The number of carbonyl (C=O) groups excluding carboxylic acids is 1. The van der Waals surface area contributed by atoms with Crippen LogP contribution < -0.4 is 10.6 Å². The molecule has 0 aliphatic carbocycles. The Balaban J connectivity index is 1.93. The van der Waals surface area contributed by atoms with E-state index in [4.69, 9.17) is 11.6 Å². The Labute approximate surface area is 145 Å². The van der Waals surface area contributed by atoms with E-state index < -0.39 is 11.7 Å². The lowest BCUT2D eigenvalue weighted by Crippen LogP contribution is -2.17. The van der Waals surface area contributed by atoms with Crippen molar-refractivity contribution >= 4 is 29.1 Å². The van der Waals surface area contributed by atoms with Gasteiger partial charge in [-0.3, -0.25) is 4.79 Å². The third-order valence-corrected chi connectivity index (χ3v) is 3.50. The minimum Gasteiger partial charge on any atom is -0.369 e. The second-order valence-corrected chi connectivity index (χ2v) is 5.85. The summed E-state index contributed by atoms with van der Waals surface area (Å²) in [6, 6.07) is 7.35. The lowest BCUT2D eigenvalue weighted by atomic mass is 10.2. The second kappa shape index (κ2) is 8.56. The molecule has 0 unspecified atom stereocenters. The molecule has 0 spiro atoms. The molecule has 0 aliphatic heterocycles. The highest BCUT2D eigenvalue weighted by atomic mass is 35.5. The fourth-order valence-corrected chi connectivity index (χ4v) is 2.25. The van der Waals surface area contributed by atoms with Crippen molar-refractivity contribution in [1.82, 2.24) is 15.1 Å². The van der Waals surface area contributed by atoms with Crippen LogP contribution in [0.15, 0.2) is 30.3 Å². The van der Waals surface area contributed by atoms with Gasteiger partial charge in [0.1, 0.15) is 11.6 Å². The van der Waals surface area contributed by atoms with Crippen LogP contribution in [-0.4, -0.2) is 48.2 Å². The molecule has 1 aromatic heterocycles. The maximum atomic E-state index is 13.7. The van der Waals surface area contributed by atoms with Crippen LogP contribution in [0.25, 0.3) is 0 Å². The predicted molar refractivity (Wildman–Crippen MR) is 93.1 cm³/mol. The summed E-state index contributed by atoms with van der Waals surface area (Å²) < 4.78 is 13.7. The Hall–Kier alpha value is -2.25. The third-order valence-electron chi connectivity index (χ3n) is 3.18. The number of hydrogen-bond acceptors (Lipinski definition) is 5. The van der Waals surface area contributed by atoms with E-state index in [1.807, 2.05) is 14.1 Å². The highest BCUT2D eigenvalue weighted by Crippen LogP contribution is 2.20. The molecule has 1 aromatic carbocycles. The first kappa shape index (κ1) is 18.1. The summed E-state index contributed by atoms with van der Waals surface area (Å²) in [5.74, 6) is -0.528. The minimum absolute atomic E-state index is 0.0413. The number of hydrogen-bond donors (Lipinski definition) is 2. The van der Waals surface area contributed by atoms with Crippen molar-refractivity contribution in [2.75, 3.05) is 37.8 Å². The Bertz CT molecular complexity index is 673. The molecule has 2 rings (SSSR count). The van der Waals surface area contributed by atoms with Crippen LogP contribution in [-0.2, 0) is 0 Å². The summed E-state index contributed by atoms with van der Waals surface area (Å²) in [4.78, 5) is 14.2. The summed E-state index contributed by atoms with van der Waals surface area (Å²) >= 11 is 5.86. The van der Waals surface area contributed by atoms with Gasteiger partial charge in [-0.2, -0.15) is 0 Å². The van der Waals surface area contributed by atoms with Crippen molar-refractivity contribution in [3.63, 3.8) is 0 Å². The molecule has 24 heavy (non-hydrogen) atoms. The molecule has 0 radical (unpaired) electrons. The SMILES string of the molecule is CN(C)CCCNc1ccc(NC(=O)c2c(F)cccc2Cl)nn1. The number of carbonyl (C=O) groups is 1. The average molecular weight is 352 g/mol. The van der Waals surface area contributed by atoms with E-state index in [9.17, 15) is 9.18 Å². The van der Waals surface area contributed by atoms with E-state index >= 15 is 0 Å². The Morgan fingerprint density at radius 3 is 2.54 bits per heavy atom. The molecular formula is C16H19ClFN5O. The average Bonchev–Trinajstić information content (AvgIpc) is 2.53. The van der Waals surface area contributed by atoms with Gasteiger partial charge in [0.25, 0.3) is 5.91 Å². The van der Waals surface area contributed by atoms with Gasteiger partial charge in [-0.1, -0.05) is 17.7 Å².